The van der Waals surface area contributed by atoms with Crippen LogP contribution in [0.3, 0.4) is 0 Å². The maximum Gasteiger partial charge on any atom is 0.120 e. The number of nitrogens with zero attached hydrogens (tertiary/aromatic N) is 1. The second-order valence-electron chi connectivity index (χ2n) is 2.84. The van der Waals surface area contributed by atoms with Crippen LogP contribution in [0.2, 0.25) is 5.02 Å². The zero-order valence-electron chi connectivity index (χ0n) is 7.20. The second kappa shape index (κ2) is 3.90. The minimum atomic E-state index is 0.613. The summed E-state index contributed by atoms with van der Waals surface area (Å²) in [6.45, 7) is 0. The Morgan fingerprint density at radius 2 is 2.07 bits per heavy atom. The van der Waals surface area contributed by atoms with E-state index in [1.54, 1.807) is 6.20 Å². The van der Waals surface area contributed by atoms with Crippen LogP contribution in [0.4, 0.5) is 0 Å². The van der Waals surface area contributed by atoms with Gasteiger partial charge < -0.3 is 0 Å². The summed E-state index contributed by atoms with van der Waals surface area (Å²) < 4.78 is 0.613. The minimum absolute atomic E-state index is 0.613. The molecule has 0 unspecified atom stereocenters. The summed E-state index contributed by atoms with van der Waals surface area (Å²) >= 11 is 10.9. The molecule has 70 valence electrons. The quantitative estimate of drug-likeness (QED) is 0.749. The van der Waals surface area contributed by atoms with E-state index in [-0.39, 0.29) is 0 Å². The molecule has 0 aliphatic rings. The van der Waals surface area contributed by atoms with Gasteiger partial charge in [0.2, 0.25) is 0 Å². The maximum absolute atomic E-state index is 5.88. The van der Waals surface area contributed by atoms with E-state index >= 15 is 0 Å². The molecule has 0 bridgehead atoms. The molecule has 0 atom stereocenters. The number of aromatic nitrogens is 2. The molecule has 0 radical (unpaired) electrons. The third-order valence-electron chi connectivity index (χ3n) is 1.82. The largest absolute Gasteiger partial charge is 0.268 e. The molecule has 4 heteroatoms. The topological polar surface area (TPSA) is 28.7 Å². The van der Waals surface area contributed by atoms with Crippen molar-refractivity contribution in [3.63, 3.8) is 0 Å². The lowest BCUT2D eigenvalue weighted by molar-refractivity contribution is 1.02. The monoisotopic (exact) mass is 222 g/mol. The van der Waals surface area contributed by atoms with Gasteiger partial charge >= 0.3 is 0 Å². The molecule has 0 saturated carbocycles. The Hall–Kier alpha value is -1.19. The fraction of sp³-hybridized carbons (Fsp3) is 0. The predicted molar refractivity (Wildman–Crippen MR) is 59.9 cm³/mol. The SMILES string of the molecule is S=c1cc(-c2cccc(Cl)c2)cn[nH]1. The number of rotatable bonds is 1. The van der Waals surface area contributed by atoms with Crippen molar-refractivity contribution in [2.45, 2.75) is 0 Å². The van der Waals surface area contributed by atoms with Gasteiger partial charge in [0.05, 0.1) is 6.20 Å². The van der Waals surface area contributed by atoms with Gasteiger partial charge in [-0.3, -0.25) is 5.10 Å². The first-order chi connectivity index (χ1) is 6.75. The van der Waals surface area contributed by atoms with Crippen molar-refractivity contribution in [1.82, 2.24) is 10.2 Å². The van der Waals surface area contributed by atoms with Crippen molar-refractivity contribution in [3.05, 3.63) is 46.2 Å². The van der Waals surface area contributed by atoms with E-state index in [4.69, 9.17) is 23.8 Å². The highest BCUT2D eigenvalue weighted by Gasteiger charge is 1.97. The third kappa shape index (κ3) is 2.00. The van der Waals surface area contributed by atoms with E-state index in [9.17, 15) is 0 Å². The van der Waals surface area contributed by atoms with Gasteiger partial charge in [-0.25, -0.2) is 0 Å². The zero-order chi connectivity index (χ0) is 9.97. The summed E-state index contributed by atoms with van der Waals surface area (Å²) in [6.07, 6.45) is 1.72. The standard InChI is InChI=1S/C10H7ClN2S/c11-9-3-1-2-7(4-9)8-5-10(14)13-12-6-8/h1-6H,(H,13,14). The van der Waals surface area contributed by atoms with Crippen LogP contribution in [0.15, 0.2) is 36.5 Å². The van der Waals surface area contributed by atoms with Gasteiger partial charge in [-0.1, -0.05) is 36.0 Å². The van der Waals surface area contributed by atoms with Crippen molar-refractivity contribution in [1.29, 1.82) is 0 Å². The summed E-state index contributed by atoms with van der Waals surface area (Å²) in [5.74, 6) is 0. The molecule has 2 aromatic rings. The highest BCUT2D eigenvalue weighted by Crippen LogP contribution is 2.21. The molecule has 0 aliphatic heterocycles. The van der Waals surface area contributed by atoms with E-state index in [1.807, 2.05) is 30.3 Å². The Morgan fingerprint density at radius 3 is 2.79 bits per heavy atom. The lowest BCUT2D eigenvalue weighted by Crippen LogP contribution is -1.83. The molecule has 0 fully saturated rings. The second-order valence-corrected chi connectivity index (χ2v) is 3.72. The van der Waals surface area contributed by atoms with Crippen LogP contribution in [-0.4, -0.2) is 10.2 Å². The average molecular weight is 223 g/mol. The third-order valence-corrected chi connectivity index (χ3v) is 2.27. The molecule has 1 N–H and O–H groups in total. The van der Waals surface area contributed by atoms with Crippen LogP contribution in [-0.2, 0) is 0 Å². The van der Waals surface area contributed by atoms with Crippen molar-refractivity contribution < 1.29 is 0 Å². The number of H-pyrrole nitrogens is 1. The summed E-state index contributed by atoms with van der Waals surface area (Å²) in [6, 6.07) is 9.44. The van der Waals surface area contributed by atoms with Crippen molar-refractivity contribution >= 4 is 23.8 Å². The zero-order valence-corrected chi connectivity index (χ0v) is 8.77. The number of nitrogens with one attached hydrogen (secondary N) is 1. The molecule has 2 rings (SSSR count). The van der Waals surface area contributed by atoms with Gasteiger partial charge in [-0.2, -0.15) is 5.10 Å². The van der Waals surface area contributed by atoms with E-state index in [0.717, 1.165) is 11.1 Å². The fourth-order valence-corrected chi connectivity index (χ4v) is 1.57. The number of aromatic amines is 1. The molecule has 0 saturated heterocycles. The normalized spacial score (nSPS) is 10.1. The fourth-order valence-electron chi connectivity index (χ4n) is 1.20. The van der Waals surface area contributed by atoms with Gasteiger partial charge in [0.25, 0.3) is 0 Å². The summed E-state index contributed by atoms with van der Waals surface area (Å²) in [4.78, 5) is 0. The molecule has 2 nitrogen and oxygen atoms in total. The molecular weight excluding hydrogens is 216 g/mol. The summed E-state index contributed by atoms with van der Waals surface area (Å²) in [7, 11) is 0. The Balaban J connectivity index is 2.55. The Labute approximate surface area is 91.6 Å². The predicted octanol–water partition coefficient (Wildman–Crippen LogP) is 3.46. The van der Waals surface area contributed by atoms with Crippen molar-refractivity contribution in [3.8, 4) is 11.1 Å². The smallest absolute Gasteiger partial charge is 0.120 e. The lowest BCUT2D eigenvalue weighted by Gasteiger charge is -2.00. The van der Waals surface area contributed by atoms with Gasteiger partial charge in [0.15, 0.2) is 0 Å². The molecule has 1 heterocycles. The lowest BCUT2D eigenvalue weighted by atomic mass is 10.1. The van der Waals surface area contributed by atoms with Gasteiger partial charge in [-0.15, -0.1) is 0 Å². The van der Waals surface area contributed by atoms with E-state index in [1.165, 1.54) is 0 Å². The van der Waals surface area contributed by atoms with Crippen molar-refractivity contribution in [2.24, 2.45) is 0 Å². The first kappa shape index (κ1) is 9.37. The minimum Gasteiger partial charge on any atom is -0.268 e. The van der Waals surface area contributed by atoms with E-state index < -0.39 is 0 Å². The van der Waals surface area contributed by atoms with Crippen LogP contribution >= 0.6 is 23.8 Å². The van der Waals surface area contributed by atoms with Gasteiger partial charge in [0, 0.05) is 10.6 Å². The Kier molecular flexibility index (Phi) is 2.61. The number of hydrogen-bond donors (Lipinski definition) is 1. The van der Waals surface area contributed by atoms with E-state index in [2.05, 4.69) is 10.2 Å². The summed E-state index contributed by atoms with van der Waals surface area (Å²) in [5.41, 5.74) is 1.99. The first-order valence-electron chi connectivity index (χ1n) is 4.06. The molecule has 14 heavy (non-hydrogen) atoms. The first-order valence-corrected chi connectivity index (χ1v) is 4.85. The maximum atomic E-state index is 5.88. The van der Waals surface area contributed by atoms with Crippen LogP contribution in [0.5, 0.6) is 0 Å². The van der Waals surface area contributed by atoms with Crippen molar-refractivity contribution in [2.75, 3.05) is 0 Å². The molecule has 1 aromatic heterocycles. The molecule has 1 aromatic carbocycles. The number of hydrogen-bond acceptors (Lipinski definition) is 2. The molecule has 0 spiro atoms. The average Bonchev–Trinajstić information content (AvgIpc) is 2.18. The van der Waals surface area contributed by atoms with Crippen LogP contribution in [0.1, 0.15) is 0 Å². The van der Waals surface area contributed by atoms with Crippen LogP contribution in [0, 0.1) is 4.64 Å². The Morgan fingerprint density at radius 1 is 1.21 bits per heavy atom. The van der Waals surface area contributed by atoms with E-state index in [0.29, 0.717) is 9.66 Å². The molecule has 0 aliphatic carbocycles. The number of halogens is 1. The molecular formula is C10H7ClN2S. The Bertz CT molecular complexity index is 507. The van der Waals surface area contributed by atoms with Crippen LogP contribution < -0.4 is 0 Å². The highest BCUT2D eigenvalue weighted by molar-refractivity contribution is 7.71. The highest BCUT2D eigenvalue weighted by atomic mass is 35.5. The van der Waals surface area contributed by atoms with Gasteiger partial charge in [0.1, 0.15) is 4.64 Å². The summed E-state index contributed by atoms with van der Waals surface area (Å²) in [5, 5.41) is 7.32. The molecule has 0 amide bonds. The number of benzene rings is 1. The van der Waals surface area contributed by atoms with Gasteiger partial charge in [-0.05, 0) is 23.8 Å². The van der Waals surface area contributed by atoms with Crippen LogP contribution in [0.25, 0.3) is 11.1 Å².